The minimum atomic E-state index is -0.801. The van der Waals surface area contributed by atoms with Crippen molar-refractivity contribution in [1.82, 2.24) is 4.98 Å². The highest BCUT2D eigenvalue weighted by Crippen LogP contribution is 2.33. The number of carbonyl (C=O) groups is 1. The second-order valence-electron chi connectivity index (χ2n) is 6.40. The van der Waals surface area contributed by atoms with E-state index in [1.165, 1.54) is 6.42 Å². The van der Waals surface area contributed by atoms with Crippen molar-refractivity contribution in [2.45, 2.75) is 50.6 Å². The number of aliphatic carboxylic acids is 1. The van der Waals surface area contributed by atoms with Crippen LogP contribution in [0.3, 0.4) is 0 Å². The van der Waals surface area contributed by atoms with Gasteiger partial charge in [0, 0.05) is 25.5 Å². The van der Waals surface area contributed by atoms with Crippen LogP contribution in [0.15, 0.2) is 35.7 Å². The molecule has 2 unspecified atom stereocenters. The van der Waals surface area contributed by atoms with Crippen LogP contribution in [-0.4, -0.2) is 39.0 Å². The molecule has 3 rings (SSSR count). The Morgan fingerprint density at radius 2 is 2.13 bits per heavy atom. The molecular formula is C17H23N4O2+. The van der Waals surface area contributed by atoms with Crippen LogP contribution in [0.2, 0.25) is 0 Å². The van der Waals surface area contributed by atoms with Gasteiger partial charge in [0.2, 0.25) is 6.04 Å². The van der Waals surface area contributed by atoms with E-state index >= 15 is 0 Å². The molecular weight excluding hydrogens is 292 g/mol. The van der Waals surface area contributed by atoms with E-state index in [1.54, 1.807) is 24.8 Å². The van der Waals surface area contributed by atoms with Gasteiger partial charge in [0.1, 0.15) is 12.0 Å². The minimum Gasteiger partial charge on any atom is -0.477 e. The molecule has 3 N–H and O–H groups in total. The smallest absolute Gasteiger partial charge is 0.363 e. The van der Waals surface area contributed by atoms with Gasteiger partial charge in [-0.2, -0.15) is 0 Å². The van der Waals surface area contributed by atoms with Crippen LogP contribution in [0.1, 0.15) is 37.7 Å². The summed E-state index contributed by atoms with van der Waals surface area (Å²) in [5.74, 6) is -0.357. The van der Waals surface area contributed by atoms with E-state index in [1.807, 2.05) is 12.3 Å². The van der Waals surface area contributed by atoms with E-state index < -0.39 is 12.0 Å². The molecule has 6 nitrogen and oxygen atoms in total. The molecule has 6 heteroatoms. The fourth-order valence-corrected chi connectivity index (χ4v) is 3.75. The molecule has 1 aliphatic heterocycles. The molecule has 0 saturated heterocycles. The first-order valence-electron chi connectivity index (χ1n) is 8.15. The molecule has 0 amide bonds. The number of hydrogen-bond donors (Lipinski definition) is 2. The zero-order valence-corrected chi connectivity index (χ0v) is 13.1. The Labute approximate surface area is 135 Å². The summed E-state index contributed by atoms with van der Waals surface area (Å²) in [4.78, 5) is 20.4. The Hall–Kier alpha value is -2.21. The number of nitrogens with zero attached hydrogens (tertiary/aromatic N) is 3. The summed E-state index contributed by atoms with van der Waals surface area (Å²) in [5.41, 5.74) is 6.50. The van der Waals surface area contributed by atoms with Crippen LogP contribution in [0.5, 0.6) is 0 Å². The highest BCUT2D eigenvalue weighted by Gasteiger charge is 2.47. The van der Waals surface area contributed by atoms with Crippen LogP contribution in [0.25, 0.3) is 0 Å². The topological polar surface area (TPSA) is 88.6 Å². The van der Waals surface area contributed by atoms with Crippen LogP contribution in [0.4, 0.5) is 5.82 Å². The van der Waals surface area contributed by atoms with Gasteiger partial charge in [-0.05, 0) is 24.5 Å². The Morgan fingerprint density at radius 1 is 1.35 bits per heavy atom. The molecule has 1 saturated carbocycles. The number of anilines is 1. The molecule has 2 heterocycles. The van der Waals surface area contributed by atoms with Crippen LogP contribution < -0.4 is 5.73 Å². The van der Waals surface area contributed by atoms with Gasteiger partial charge in [-0.25, -0.2) is 19.3 Å². The van der Waals surface area contributed by atoms with E-state index in [0.717, 1.165) is 31.2 Å². The summed E-state index contributed by atoms with van der Waals surface area (Å²) in [6.07, 6.45) is 13.2. The SMILES string of the molecule is Nc1ccc(CC(C(=O)O)[N+]2(C3CCCCC3)C=CN=C2)cn1. The summed E-state index contributed by atoms with van der Waals surface area (Å²) in [5, 5.41) is 9.89. The number of nitrogens with two attached hydrogens (primary N) is 1. The highest BCUT2D eigenvalue weighted by atomic mass is 16.4. The van der Waals surface area contributed by atoms with Gasteiger partial charge in [0.05, 0.1) is 12.2 Å². The standard InChI is InChI=1S/C17H22N4O2/c18-16-7-6-13(11-20-16)10-15(17(22)23)21(9-8-19-12-21)14-4-2-1-3-5-14/h6-9,11-12,14-15H,1-5,10H2,(H2-,18,20,22,23)/p+1. The zero-order chi connectivity index (χ0) is 16.3. The Kier molecular flexibility index (Phi) is 4.43. The van der Waals surface area contributed by atoms with Crippen molar-refractivity contribution in [2.75, 3.05) is 5.73 Å². The second-order valence-corrected chi connectivity index (χ2v) is 6.40. The third-order valence-electron chi connectivity index (χ3n) is 4.99. The van der Waals surface area contributed by atoms with Crippen LogP contribution in [-0.2, 0) is 11.2 Å². The average Bonchev–Trinajstić information content (AvgIpc) is 3.05. The Bertz CT molecular complexity index is 606. The van der Waals surface area contributed by atoms with E-state index in [9.17, 15) is 9.90 Å². The average molecular weight is 315 g/mol. The van der Waals surface area contributed by atoms with E-state index in [0.29, 0.717) is 16.7 Å². The lowest BCUT2D eigenvalue weighted by Gasteiger charge is -2.42. The second kappa shape index (κ2) is 6.50. The number of carboxylic acids is 1. The summed E-state index contributed by atoms with van der Waals surface area (Å²) >= 11 is 0. The number of nitrogen functional groups attached to an aromatic ring is 1. The maximum absolute atomic E-state index is 12.0. The third kappa shape index (κ3) is 3.12. The molecule has 0 aromatic carbocycles. The van der Waals surface area contributed by atoms with Crippen molar-refractivity contribution in [2.24, 2.45) is 4.99 Å². The van der Waals surface area contributed by atoms with Crippen LogP contribution >= 0.6 is 0 Å². The Balaban J connectivity index is 1.90. The molecule has 2 aliphatic rings. The maximum Gasteiger partial charge on any atom is 0.363 e. The number of rotatable bonds is 5. The quantitative estimate of drug-likeness (QED) is 0.816. The molecule has 0 bridgehead atoms. The number of aliphatic imine (C=N–C) groups is 1. The fourth-order valence-electron chi connectivity index (χ4n) is 3.75. The first kappa shape index (κ1) is 15.7. The summed E-state index contributed by atoms with van der Waals surface area (Å²) in [7, 11) is 0. The fraction of sp³-hybridized carbons (Fsp3) is 0.471. The molecule has 122 valence electrons. The van der Waals surface area contributed by atoms with Gasteiger partial charge in [-0.15, -0.1) is 0 Å². The first-order valence-corrected chi connectivity index (χ1v) is 8.15. The van der Waals surface area contributed by atoms with E-state index in [2.05, 4.69) is 9.98 Å². The molecule has 1 fully saturated rings. The summed E-state index contributed by atoms with van der Waals surface area (Å²) in [6.45, 7) is 0. The predicted octanol–water partition coefficient (Wildman–Crippen LogP) is 2.32. The number of carboxylic acid groups (broad SMARTS) is 1. The lowest BCUT2D eigenvalue weighted by molar-refractivity contribution is -0.827. The van der Waals surface area contributed by atoms with Crippen molar-refractivity contribution in [3.63, 3.8) is 0 Å². The number of quaternary nitrogens is 1. The third-order valence-corrected chi connectivity index (χ3v) is 4.99. The number of hydrogen-bond acceptors (Lipinski definition) is 4. The zero-order valence-electron chi connectivity index (χ0n) is 13.1. The summed E-state index contributed by atoms with van der Waals surface area (Å²) in [6, 6.07) is 3.26. The maximum atomic E-state index is 12.0. The lowest BCUT2D eigenvalue weighted by atomic mass is 9.90. The van der Waals surface area contributed by atoms with Crippen LogP contribution in [0, 0.1) is 0 Å². The monoisotopic (exact) mass is 315 g/mol. The normalized spacial score (nSPS) is 25.6. The molecule has 1 aromatic rings. The van der Waals surface area contributed by atoms with Crippen molar-refractivity contribution < 1.29 is 14.4 Å². The molecule has 0 spiro atoms. The molecule has 23 heavy (non-hydrogen) atoms. The molecule has 1 aromatic heterocycles. The van der Waals surface area contributed by atoms with Gasteiger partial charge >= 0.3 is 5.97 Å². The highest BCUT2D eigenvalue weighted by molar-refractivity contribution is 5.75. The van der Waals surface area contributed by atoms with Gasteiger partial charge in [-0.1, -0.05) is 12.5 Å². The van der Waals surface area contributed by atoms with Crippen molar-refractivity contribution in [3.05, 3.63) is 36.3 Å². The van der Waals surface area contributed by atoms with E-state index in [-0.39, 0.29) is 6.04 Å². The van der Waals surface area contributed by atoms with Crippen molar-refractivity contribution >= 4 is 18.1 Å². The van der Waals surface area contributed by atoms with Gasteiger partial charge < -0.3 is 10.8 Å². The lowest BCUT2D eigenvalue weighted by Crippen LogP contribution is -2.60. The largest absolute Gasteiger partial charge is 0.477 e. The molecule has 2 atom stereocenters. The van der Waals surface area contributed by atoms with Crippen molar-refractivity contribution in [1.29, 1.82) is 0 Å². The first-order chi connectivity index (χ1) is 11.1. The number of aromatic nitrogens is 1. The molecule has 1 aliphatic carbocycles. The van der Waals surface area contributed by atoms with Crippen molar-refractivity contribution in [3.8, 4) is 0 Å². The molecule has 0 radical (unpaired) electrons. The van der Waals surface area contributed by atoms with Gasteiger partial charge in [0.15, 0.2) is 6.34 Å². The number of pyridine rings is 1. The Morgan fingerprint density at radius 3 is 2.70 bits per heavy atom. The predicted molar refractivity (Wildman–Crippen MR) is 88.5 cm³/mol. The van der Waals surface area contributed by atoms with Gasteiger partial charge in [0.25, 0.3) is 0 Å². The van der Waals surface area contributed by atoms with E-state index in [4.69, 9.17) is 5.73 Å². The minimum absolute atomic E-state index is 0.286. The summed E-state index contributed by atoms with van der Waals surface area (Å²) < 4.78 is 0.319. The van der Waals surface area contributed by atoms with Gasteiger partial charge in [-0.3, -0.25) is 0 Å².